The van der Waals surface area contributed by atoms with Crippen LogP contribution in [0.3, 0.4) is 0 Å². The highest BCUT2D eigenvalue weighted by atomic mass is 16.5. The van der Waals surface area contributed by atoms with Gasteiger partial charge in [0, 0.05) is 49.9 Å². The Morgan fingerprint density at radius 2 is 1.88 bits per heavy atom. The Morgan fingerprint density at radius 3 is 2.53 bits per heavy atom. The summed E-state index contributed by atoms with van der Waals surface area (Å²) in [5.74, 6) is 2.97. The predicted molar refractivity (Wildman–Crippen MR) is 114 cm³/mol. The van der Waals surface area contributed by atoms with Gasteiger partial charge in [0.05, 0.1) is 6.26 Å². The molecule has 4 aromatic heterocycles. The third kappa shape index (κ3) is 3.86. The molecular weight excluding hydrogens is 412 g/mol. The van der Waals surface area contributed by atoms with Gasteiger partial charge in [-0.25, -0.2) is 4.98 Å². The standard InChI is InChI=1S/C22H22N6O4/c1-14(2)21-24-20(26-32-21)15-5-6-19(23-13-15)27-7-9-28(10-8-27)22(29)16-12-18(31-25-16)17-4-3-11-30-17/h3-6,11-14H,7-10H2,1-2H3. The number of hydrogen-bond acceptors (Lipinski definition) is 9. The minimum absolute atomic E-state index is 0.160. The number of carbonyl (C=O) groups excluding carboxylic acids is 1. The van der Waals surface area contributed by atoms with Gasteiger partial charge < -0.3 is 23.3 Å². The second-order valence-corrected chi connectivity index (χ2v) is 7.85. The fourth-order valence-electron chi connectivity index (χ4n) is 3.50. The SMILES string of the molecule is CC(C)c1nc(-c2ccc(N3CCN(C(=O)c4cc(-c5ccco5)on4)CC3)nc2)no1. The van der Waals surface area contributed by atoms with Gasteiger partial charge in [-0.2, -0.15) is 4.98 Å². The summed E-state index contributed by atoms with van der Waals surface area (Å²) >= 11 is 0. The van der Waals surface area contributed by atoms with Crippen molar-refractivity contribution in [3.8, 4) is 22.9 Å². The zero-order chi connectivity index (χ0) is 22.1. The van der Waals surface area contributed by atoms with Crippen molar-refractivity contribution in [3.63, 3.8) is 0 Å². The smallest absolute Gasteiger partial charge is 0.276 e. The lowest BCUT2D eigenvalue weighted by molar-refractivity contribution is 0.0736. The van der Waals surface area contributed by atoms with Gasteiger partial charge in [0.25, 0.3) is 5.91 Å². The van der Waals surface area contributed by atoms with E-state index in [0.717, 1.165) is 11.4 Å². The summed E-state index contributed by atoms with van der Waals surface area (Å²) in [6, 6.07) is 8.99. The molecule has 164 valence electrons. The van der Waals surface area contributed by atoms with Crippen molar-refractivity contribution in [2.24, 2.45) is 0 Å². The van der Waals surface area contributed by atoms with Crippen molar-refractivity contribution in [1.29, 1.82) is 0 Å². The Hall–Kier alpha value is -3.95. The first-order valence-electron chi connectivity index (χ1n) is 10.4. The van der Waals surface area contributed by atoms with Crippen LogP contribution in [-0.2, 0) is 0 Å². The van der Waals surface area contributed by atoms with Crippen LogP contribution in [0.15, 0.2) is 56.3 Å². The molecule has 1 fully saturated rings. The van der Waals surface area contributed by atoms with E-state index in [-0.39, 0.29) is 17.5 Å². The third-order valence-corrected chi connectivity index (χ3v) is 5.33. The van der Waals surface area contributed by atoms with Crippen LogP contribution < -0.4 is 4.90 Å². The number of furan rings is 1. The van der Waals surface area contributed by atoms with Crippen LogP contribution in [0.2, 0.25) is 0 Å². The van der Waals surface area contributed by atoms with Crippen LogP contribution in [0, 0.1) is 0 Å². The summed E-state index contributed by atoms with van der Waals surface area (Å²) in [5, 5.41) is 7.93. The number of nitrogens with zero attached hydrogens (tertiary/aromatic N) is 6. The third-order valence-electron chi connectivity index (χ3n) is 5.33. The molecule has 1 aliphatic heterocycles. The highest BCUT2D eigenvalue weighted by molar-refractivity contribution is 5.93. The largest absolute Gasteiger partial charge is 0.461 e. The fraction of sp³-hybridized carbons (Fsp3) is 0.318. The van der Waals surface area contributed by atoms with Gasteiger partial charge in [-0.05, 0) is 24.3 Å². The molecule has 0 atom stereocenters. The zero-order valence-electron chi connectivity index (χ0n) is 17.8. The van der Waals surface area contributed by atoms with Gasteiger partial charge in [0.15, 0.2) is 11.5 Å². The van der Waals surface area contributed by atoms with E-state index in [1.54, 1.807) is 35.6 Å². The molecule has 4 aromatic rings. The van der Waals surface area contributed by atoms with E-state index in [4.69, 9.17) is 13.5 Å². The van der Waals surface area contributed by atoms with E-state index < -0.39 is 0 Å². The van der Waals surface area contributed by atoms with Crippen molar-refractivity contribution in [1.82, 2.24) is 25.2 Å². The number of pyridine rings is 1. The molecule has 32 heavy (non-hydrogen) atoms. The second kappa shape index (κ2) is 8.29. The highest BCUT2D eigenvalue weighted by Gasteiger charge is 2.26. The van der Waals surface area contributed by atoms with E-state index in [9.17, 15) is 4.79 Å². The highest BCUT2D eigenvalue weighted by Crippen LogP contribution is 2.23. The Labute approximate surface area is 183 Å². The summed E-state index contributed by atoms with van der Waals surface area (Å²) < 4.78 is 15.8. The average molecular weight is 434 g/mol. The van der Waals surface area contributed by atoms with Gasteiger partial charge in [-0.15, -0.1) is 0 Å². The molecule has 5 rings (SSSR count). The van der Waals surface area contributed by atoms with Crippen molar-refractivity contribution >= 4 is 11.7 Å². The van der Waals surface area contributed by atoms with Gasteiger partial charge in [0.2, 0.25) is 17.5 Å². The summed E-state index contributed by atoms with van der Waals surface area (Å²) in [5.41, 5.74) is 1.07. The molecule has 0 unspecified atom stereocenters. The molecule has 5 heterocycles. The maximum Gasteiger partial charge on any atom is 0.276 e. The quantitative estimate of drug-likeness (QED) is 0.466. The Kier molecular flexibility index (Phi) is 5.18. The molecule has 0 spiro atoms. The minimum Gasteiger partial charge on any atom is -0.461 e. The van der Waals surface area contributed by atoms with E-state index in [1.165, 1.54) is 0 Å². The Bertz CT molecular complexity index is 1190. The predicted octanol–water partition coefficient (Wildman–Crippen LogP) is 3.47. The number of carbonyl (C=O) groups is 1. The number of aromatic nitrogens is 4. The summed E-state index contributed by atoms with van der Waals surface area (Å²) in [7, 11) is 0. The fourth-order valence-corrected chi connectivity index (χ4v) is 3.50. The maximum atomic E-state index is 12.8. The number of rotatable bonds is 5. The van der Waals surface area contributed by atoms with E-state index in [0.29, 0.717) is 49.4 Å². The number of amides is 1. The van der Waals surface area contributed by atoms with E-state index in [1.807, 2.05) is 26.0 Å². The molecule has 0 N–H and O–H groups in total. The van der Waals surface area contributed by atoms with Crippen LogP contribution >= 0.6 is 0 Å². The molecule has 10 nitrogen and oxygen atoms in total. The first-order chi connectivity index (χ1) is 15.6. The molecule has 0 radical (unpaired) electrons. The average Bonchev–Trinajstić information content (AvgIpc) is 3.60. The van der Waals surface area contributed by atoms with Crippen molar-refractivity contribution < 1.29 is 18.3 Å². The lowest BCUT2D eigenvalue weighted by atomic mass is 10.2. The van der Waals surface area contributed by atoms with Gasteiger partial charge in [0.1, 0.15) is 5.82 Å². The topological polar surface area (TPSA) is 115 Å². The van der Waals surface area contributed by atoms with Crippen molar-refractivity contribution in [3.05, 3.63) is 54.4 Å². The van der Waals surface area contributed by atoms with Crippen molar-refractivity contribution in [2.75, 3.05) is 31.1 Å². The van der Waals surface area contributed by atoms with Crippen molar-refractivity contribution in [2.45, 2.75) is 19.8 Å². The lowest BCUT2D eigenvalue weighted by Gasteiger charge is -2.35. The maximum absolute atomic E-state index is 12.8. The Balaban J connectivity index is 1.20. The zero-order valence-corrected chi connectivity index (χ0v) is 17.8. The van der Waals surface area contributed by atoms with Gasteiger partial charge >= 0.3 is 0 Å². The molecule has 1 amide bonds. The molecule has 1 aliphatic rings. The first-order valence-corrected chi connectivity index (χ1v) is 10.4. The van der Waals surface area contributed by atoms with Crippen LogP contribution in [0.25, 0.3) is 22.9 Å². The van der Waals surface area contributed by atoms with Crippen LogP contribution in [-0.4, -0.2) is 57.3 Å². The summed E-state index contributed by atoms with van der Waals surface area (Å²) in [6.45, 7) is 6.47. The van der Waals surface area contributed by atoms with Crippen LogP contribution in [0.4, 0.5) is 5.82 Å². The molecule has 0 bridgehead atoms. The molecule has 10 heteroatoms. The normalized spacial score (nSPS) is 14.3. The summed E-state index contributed by atoms with van der Waals surface area (Å²) in [4.78, 5) is 25.7. The van der Waals surface area contributed by atoms with Crippen LogP contribution in [0.1, 0.15) is 36.1 Å². The summed E-state index contributed by atoms with van der Waals surface area (Å²) in [6.07, 6.45) is 3.29. The molecule has 1 saturated heterocycles. The van der Waals surface area contributed by atoms with Gasteiger partial charge in [-0.3, -0.25) is 4.79 Å². The number of piperazine rings is 1. The molecule has 0 aliphatic carbocycles. The first kappa shape index (κ1) is 20.0. The van der Waals surface area contributed by atoms with E-state index in [2.05, 4.69) is 25.2 Å². The second-order valence-electron chi connectivity index (χ2n) is 7.85. The minimum atomic E-state index is -0.160. The number of anilines is 1. The monoisotopic (exact) mass is 434 g/mol. The lowest BCUT2D eigenvalue weighted by Crippen LogP contribution is -2.49. The molecular formula is C22H22N6O4. The van der Waals surface area contributed by atoms with E-state index >= 15 is 0 Å². The molecule has 0 saturated carbocycles. The van der Waals surface area contributed by atoms with Crippen LogP contribution in [0.5, 0.6) is 0 Å². The number of hydrogen-bond donors (Lipinski definition) is 0. The molecule has 0 aromatic carbocycles. The van der Waals surface area contributed by atoms with Gasteiger partial charge in [-0.1, -0.05) is 24.2 Å². The Morgan fingerprint density at radius 1 is 1.03 bits per heavy atom.